The fraction of sp³-hybridized carbons (Fsp3) is 0.615. The normalized spacial score (nSPS) is 30.5. The third-order valence-electron chi connectivity index (χ3n) is 3.71. The van der Waals surface area contributed by atoms with E-state index in [9.17, 15) is 0 Å². The molecule has 1 aromatic rings. The molecule has 0 aromatic carbocycles. The van der Waals surface area contributed by atoms with E-state index < -0.39 is 0 Å². The number of hydrogen-bond acceptors (Lipinski definition) is 2. The number of pyridine rings is 1. The molecule has 1 heterocycles. The average molecular weight is 204 g/mol. The molecular formula is C13H20N2. The molecule has 1 N–H and O–H groups in total. The van der Waals surface area contributed by atoms with Gasteiger partial charge in [-0.25, -0.2) is 4.98 Å². The molecule has 0 radical (unpaired) electrons. The van der Waals surface area contributed by atoms with E-state index >= 15 is 0 Å². The predicted octanol–water partition coefficient (Wildman–Crippen LogP) is 3.24. The van der Waals surface area contributed by atoms with Crippen molar-refractivity contribution in [3.63, 3.8) is 0 Å². The lowest BCUT2D eigenvalue weighted by Crippen LogP contribution is -2.24. The van der Waals surface area contributed by atoms with Crippen LogP contribution in [0.2, 0.25) is 0 Å². The van der Waals surface area contributed by atoms with Gasteiger partial charge in [-0.15, -0.1) is 0 Å². The Hall–Kier alpha value is -1.05. The smallest absolute Gasteiger partial charge is 0.126 e. The second-order valence-electron chi connectivity index (χ2n) is 4.89. The molecule has 1 aromatic heterocycles. The maximum Gasteiger partial charge on any atom is 0.126 e. The average Bonchev–Trinajstić information content (AvgIpc) is 2.53. The number of nitrogens with one attached hydrogen (secondary N) is 1. The molecule has 1 saturated carbocycles. The summed E-state index contributed by atoms with van der Waals surface area (Å²) in [7, 11) is 0. The lowest BCUT2D eigenvalue weighted by Gasteiger charge is -2.20. The first-order chi connectivity index (χ1) is 7.16. The number of nitrogens with zero attached hydrogens (tertiary/aromatic N) is 1. The number of aryl methyl sites for hydroxylation is 1. The fourth-order valence-corrected chi connectivity index (χ4v) is 2.31. The van der Waals surface area contributed by atoms with E-state index in [1.807, 2.05) is 6.20 Å². The molecule has 1 fully saturated rings. The Morgan fingerprint density at radius 1 is 1.27 bits per heavy atom. The van der Waals surface area contributed by atoms with Crippen LogP contribution in [0.4, 0.5) is 5.82 Å². The summed E-state index contributed by atoms with van der Waals surface area (Å²) in [6, 6.07) is 4.79. The van der Waals surface area contributed by atoms with Crippen LogP contribution in [0.15, 0.2) is 18.3 Å². The van der Waals surface area contributed by atoms with Gasteiger partial charge in [0.15, 0.2) is 0 Å². The monoisotopic (exact) mass is 204 g/mol. The van der Waals surface area contributed by atoms with E-state index in [-0.39, 0.29) is 0 Å². The van der Waals surface area contributed by atoms with Crippen molar-refractivity contribution < 1.29 is 0 Å². The quantitative estimate of drug-likeness (QED) is 0.800. The molecule has 2 heteroatoms. The second kappa shape index (κ2) is 4.21. The maximum absolute atomic E-state index is 4.39. The summed E-state index contributed by atoms with van der Waals surface area (Å²) < 4.78 is 0. The van der Waals surface area contributed by atoms with Gasteiger partial charge in [0.05, 0.1) is 0 Å². The summed E-state index contributed by atoms with van der Waals surface area (Å²) in [4.78, 5) is 4.39. The molecule has 3 atom stereocenters. The van der Waals surface area contributed by atoms with Gasteiger partial charge < -0.3 is 5.32 Å². The van der Waals surface area contributed by atoms with Crippen molar-refractivity contribution in [3.8, 4) is 0 Å². The molecule has 0 saturated heterocycles. The summed E-state index contributed by atoms with van der Waals surface area (Å²) >= 11 is 0. The molecular weight excluding hydrogens is 184 g/mol. The van der Waals surface area contributed by atoms with E-state index in [4.69, 9.17) is 0 Å². The third-order valence-corrected chi connectivity index (χ3v) is 3.71. The molecule has 1 aliphatic carbocycles. The minimum absolute atomic E-state index is 0.607. The van der Waals surface area contributed by atoms with Gasteiger partial charge in [-0.05, 0) is 43.2 Å². The Kier molecular flexibility index (Phi) is 2.94. The van der Waals surface area contributed by atoms with Crippen LogP contribution in [0.25, 0.3) is 0 Å². The molecule has 1 aliphatic rings. The highest BCUT2D eigenvalue weighted by Gasteiger charge is 2.29. The van der Waals surface area contributed by atoms with Gasteiger partial charge in [0, 0.05) is 12.2 Å². The van der Waals surface area contributed by atoms with Gasteiger partial charge in [-0.3, -0.25) is 0 Å². The summed E-state index contributed by atoms with van der Waals surface area (Å²) in [5.41, 5.74) is 1.22. The molecule has 0 bridgehead atoms. The van der Waals surface area contributed by atoms with E-state index in [1.165, 1.54) is 18.4 Å². The summed E-state index contributed by atoms with van der Waals surface area (Å²) in [5, 5.41) is 3.54. The van der Waals surface area contributed by atoms with E-state index in [2.05, 4.69) is 43.2 Å². The molecule has 0 aliphatic heterocycles. The Balaban J connectivity index is 2.00. The van der Waals surface area contributed by atoms with Crippen molar-refractivity contribution in [1.29, 1.82) is 0 Å². The SMILES string of the molecule is Cc1ccc(NC2CCC(C)C2C)nc1. The highest BCUT2D eigenvalue weighted by atomic mass is 15.0. The van der Waals surface area contributed by atoms with Gasteiger partial charge in [0.25, 0.3) is 0 Å². The van der Waals surface area contributed by atoms with Crippen LogP contribution in [-0.2, 0) is 0 Å². The van der Waals surface area contributed by atoms with Gasteiger partial charge >= 0.3 is 0 Å². The van der Waals surface area contributed by atoms with Gasteiger partial charge in [0.1, 0.15) is 5.82 Å². The Bertz CT molecular complexity index is 318. The minimum Gasteiger partial charge on any atom is -0.367 e. The van der Waals surface area contributed by atoms with Crippen LogP contribution in [0.1, 0.15) is 32.3 Å². The fourth-order valence-electron chi connectivity index (χ4n) is 2.31. The Morgan fingerprint density at radius 3 is 2.60 bits per heavy atom. The summed E-state index contributed by atoms with van der Waals surface area (Å²) in [6.07, 6.45) is 4.54. The maximum atomic E-state index is 4.39. The molecule has 2 rings (SSSR count). The minimum atomic E-state index is 0.607. The van der Waals surface area contributed by atoms with Crippen LogP contribution in [0.5, 0.6) is 0 Å². The molecule has 82 valence electrons. The third kappa shape index (κ3) is 2.31. The van der Waals surface area contributed by atoms with Crippen molar-refractivity contribution in [3.05, 3.63) is 23.9 Å². The Morgan fingerprint density at radius 2 is 2.07 bits per heavy atom. The summed E-state index contributed by atoms with van der Waals surface area (Å²) in [5.74, 6) is 2.62. The second-order valence-corrected chi connectivity index (χ2v) is 4.89. The molecule has 15 heavy (non-hydrogen) atoms. The highest BCUT2D eigenvalue weighted by Crippen LogP contribution is 2.32. The van der Waals surface area contributed by atoms with Crippen molar-refractivity contribution >= 4 is 5.82 Å². The van der Waals surface area contributed by atoms with Crippen molar-refractivity contribution in [1.82, 2.24) is 4.98 Å². The zero-order valence-corrected chi connectivity index (χ0v) is 9.83. The first-order valence-electron chi connectivity index (χ1n) is 5.86. The van der Waals surface area contributed by atoms with E-state index in [0.717, 1.165) is 17.7 Å². The molecule has 0 amide bonds. The van der Waals surface area contributed by atoms with Gasteiger partial charge in [-0.2, -0.15) is 0 Å². The number of hydrogen-bond donors (Lipinski definition) is 1. The van der Waals surface area contributed by atoms with Gasteiger partial charge in [0.2, 0.25) is 0 Å². The zero-order chi connectivity index (χ0) is 10.8. The van der Waals surface area contributed by atoms with Crippen LogP contribution in [0, 0.1) is 18.8 Å². The van der Waals surface area contributed by atoms with Crippen LogP contribution in [-0.4, -0.2) is 11.0 Å². The topological polar surface area (TPSA) is 24.9 Å². The number of anilines is 1. The summed E-state index contributed by atoms with van der Waals surface area (Å²) in [6.45, 7) is 6.75. The van der Waals surface area contributed by atoms with Crippen LogP contribution in [0.3, 0.4) is 0 Å². The first-order valence-corrected chi connectivity index (χ1v) is 5.86. The molecule has 3 unspecified atom stereocenters. The van der Waals surface area contributed by atoms with Gasteiger partial charge in [-0.1, -0.05) is 19.9 Å². The Labute approximate surface area is 92.1 Å². The van der Waals surface area contributed by atoms with E-state index in [1.54, 1.807) is 0 Å². The number of aromatic nitrogens is 1. The predicted molar refractivity (Wildman–Crippen MR) is 63.9 cm³/mol. The standard InChI is InChI=1S/C13H20N2/c1-9-4-7-13(14-8-9)15-12-6-5-10(2)11(12)3/h4,7-8,10-12H,5-6H2,1-3H3,(H,14,15). The highest BCUT2D eigenvalue weighted by molar-refractivity contribution is 5.36. The van der Waals surface area contributed by atoms with Crippen LogP contribution >= 0.6 is 0 Å². The van der Waals surface area contributed by atoms with E-state index in [0.29, 0.717) is 6.04 Å². The molecule has 0 spiro atoms. The largest absolute Gasteiger partial charge is 0.367 e. The first kappa shape index (κ1) is 10.5. The zero-order valence-electron chi connectivity index (χ0n) is 9.83. The lowest BCUT2D eigenvalue weighted by atomic mass is 9.98. The molecule has 2 nitrogen and oxygen atoms in total. The lowest BCUT2D eigenvalue weighted by molar-refractivity contribution is 0.435. The van der Waals surface area contributed by atoms with Crippen molar-refractivity contribution in [2.24, 2.45) is 11.8 Å². The number of rotatable bonds is 2. The van der Waals surface area contributed by atoms with Crippen LogP contribution < -0.4 is 5.32 Å². The van der Waals surface area contributed by atoms with Crippen molar-refractivity contribution in [2.45, 2.75) is 39.7 Å². The van der Waals surface area contributed by atoms with Crippen molar-refractivity contribution in [2.75, 3.05) is 5.32 Å².